The molecule has 0 unspecified atom stereocenters. The number of pyridine rings is 1. The molecule has 1 aliphatic rings. The minimum Gasteiger partial charge on any atom is -0.386 e. The Morgan fingerprint density at radius 2 is 2.14 bits per heavy atom. The molecule has 2 atom stereocenters. The van der Waals surface area contributed by atoms with E-state index >= 15 is 0 Å². The summed E-state index contributed by atoms with van der Waals surface area (Å²) < 4.78 is 1.69. The molecule has 0 fully saturated rings. The number of amides is 1. The highest BCUT2D eigenvalue weighted by molar-refractivity contribution is 5.94. The summed E-state index contributed by atoms with van der Waals surface area (Å²) in [7, 11) is 0. The number of aromatic nitrogens is 3. The van der Waals surface area contributed by atoms with Gasteiger partial charge in [0.1, 0.15) is 6.33 Å². The van der Waals surface area contributed by atoms with E-state index in [-0.39, 0.29) is 11.9 Å². The van der Waals surface area contributed by atoms with E-state index in [0.717, 1.165) is 11.1 Å². The number of fused-ring (bicyclic) bond motifs is 2. The normalized spacial score (nSPS) is 20.0. The Hall–Kier alpha value is -2.73. The second-order valence-electron chi connectivity index (χ2n) is 5.44. The van der Waals surface area contributed by atoms with Crippen molar-refractivity contribution in [3.8, 4) is 0 Å². The molecule has 0 saturated carbocycles. The van der Waals surface area contributed by atoms with Crippen LogP contribution in [0.15, 0.2) is 48.9 Å². The Bertz CT molecular complexity index is 858. The van der Waals surface area contributed by atoms with Gasteiger partial charge in [-0.3, -0.25) is 9.20 Å². The second kappa shape index (κ2) is 4.92. The zero-order valence-electron chi connectivity index (χ0n) is 11.7. The fourth-order valence-electron chi connectivity index (χ4n) is 2.92. The third kappa shape index (κ3) is 2.05. The number of nitrogens with one attached hydrogen (secondary N) is 1. The number of benzene rings is 1. The van der Waals surface area contributed by atoms with Crippen molar-refractivity contribution >= 4 is 11.6 Å². The van der Waals surface area contributed by atoms with Gasteiger partial charge in [0.05, 0.1) is 17.7 Å². The molecule has 2 aromatic heterocycles. The van der Waals surface area contributed by atoms with E-state index in [4.69, 9.17) is 0 Å². The first kappa shape index (κ1) is 13.0. The molecule has 2 heterocycles. The van der Waals surface area contributed by atoms with Crippen molar-refractivity contribution in [3.05, 3.63) is 65.6 Å². The minimum atomic E-state index is -0.668. The summed E-state index contributed by atoms with van der Waals surface area (Å²) in [4.78, 5) is 12.4. The van der Waals surface area contributed by atoms with Crippen molar-refractivity contribution in [2.75, 3.05) is 0 Å². The van der Waals surface area contributed by atoms with E-state index in [0.29, 0.717) is 17.6 Å². The lowest BCUT2D eigenvalue weighted by Gasteiger charge is -2.17. The van der Waals surface area contributed by atoms with Crippen molar-refractivity contribution < 1.29 is 9.90 Å². The SMILES string of the molecule is O=C(N[C@@H]1Cc2ccccc2[C@@H]1O)c1ccc2nncn2c1. The van der Waals surface area contributed by atoms with Crippen LogP contribution >= 0.6 is 0 Å². The molecule has 1 aliphatic carbocycles. The summed E-state index contributed by atoms with van der Waals surface area (Å²) >= 11 is 0. The largest absolute Gasteiger partial charge is 0.386 e. The second-order valence-corrected chi connectivity index (χ2v) is 5.44. The maximum atomic E-state index is 12.4. The number of aliphatic hydroxyl groups is 1. The first-order valence-electron chi connectivity index (χ1n) is 7.08. The van der Waals surface area contributed by atoms with Gasteiger partial charge in [-0.1, -0.05) is 24.3 Å². The van der Waals surface area contributed by atoms with Crippen LogP contribution in [0.25, 0.3) is 5.65 Å². The fourth-order valence-corrected chi connectivity index (χ4v) is 2.92. The van der Waals surface area contributed by atoms with Gasteiger partial charge >= 0.3 is 0 Å². The van der Waals surface area contributed by atoms with Gasteiger partial charge in [0.2, 0.25) is 0 Å². The highest BCUT2D eigenvalue weighted by Gasteiger charge is 2.31. The lowest BCUT2D eigenvalue weighted by Crippen LogP contribution is -2.37. The van der Waals surface area contributed by atoms with Crippen LogP contribution in [0.4, 0.5) is 0 Å². The molecule has 0 spiro atoms. The van der Waals surface area contributed by atoms with Crippen molar-refractivity contribution in [1.29, 1.82) is 0 Å². The predicted molar refractivity (Wildman–Crippen MR) is 79.3 cm³/mol. The molecule has 0 aliphatic heterocycles. The van der Waals surface area contributed by atoms with Crippen molar-refractivity contribution in [2.24, 2.45) is 0 Å². The molecule has 2 N–H and O–H groups in total. The summed E-state index contributed by atoms with van der Waals surface area (Å²) in [6.45, 7) is 0. The van der Waals surface area contributed by atoms with Crippen LogP contribution < -0.4 is 5.32 Å². The minimum absolute atomic E-state index is 0.215. The van der Waals surface area contributed by atoms with Crippen LogP contribution in [0.5, 0.6) is 0 Å². The molecule has 6 heteroatoms. The first-order valence-corrected chi connectivity index (χ1v) is 7.08. The fraction of sp³-hybridized carbons (Fsp3) is 0.188. The van der Waals surface area contributed by atoms with Gasteiger partial charge in [-0.25, -0.2) is 0 Å². The van der Waals surface area contributed by atoms with Gasteiger partial charge < -0.3 is 10.4 Å². The van der Waals surface area contributed by atoms with Gasteiger partial charge in [-0.05, 0) is 29.7 Å². The Morgan fingerprint density at radius 3 is 3.00 bits per heavy atom. The molecular formula is C16H14N4O2. The number of carbonyl (C=O) groups is 1. The van der Waals surface area contributed by atoms with Crippen LogP contribution in [0, 0.1) is 0 Å². The molecule has 1 aromatic carbocycles. The third-order valence-corrected chi connectivity index (χ3v) is 4.06. The van der Waals surface area contributed by atoms with E-state index in [2.05, 4.69) is 15.5 Å². The van der Waals surface area contributed by atoms with Crippen LogP contribution in [-0.2, 0) is 6.42 Å². The van der Waals surface area contributed by atoms with E-state index in [1.54, 1.807) is 29.1 Å². The zero-order chi connectivity index (χ0) is 15.1. The number of hydrogen-bond acceptors (Lipinski definition) is 4. The Labute approximate surface area is 126 Å². The molecule has 4 rings (SSSR count). The molecule has 3 aromatic rings. The maximum Gasteiger partial charge on any atom is 0.253 e. The highest BCUT2D eigenvalue weighted by atomic mass is 16.3. The van der Waals surface area contributed by atoms with Gasteiger partial charge in [0.25, 0.3) is 5.91 Å². The Kier molecular flexibility index (Phi) is 2.90. The first-order chi connectivity index (χ1) is 10.7. The molecule has 22 heavy (non-hydrogen) atoms. The zero-order valence-corrected chi connectivity index (χ0v) is 11.7. The molecule has 0 radical (unpaired) electrons. The van der Waals surface area contributed by atoms with Crippen LogP contribution in [-0.4, -0.2) is 31.7 Å². The number of nitrogens with zero attached hydrogens (tertiary/aromatic N) is 3. The van der Waals surface area contributed by atoms with Gasteiger partial charge in [0.15, 0.2) is 5.65 Å². The van der Waals surface area contributed by atoms with Gasteiger partial charge in [0, 0.05) is 6.20 Å². The summed E-state index contributed by atoms with van der Waals surface area (Å²) in [5, 5.41) is 20.9. The summed E-state index contributed by atoms with van der Waals surface area (Å²) in [5.41, 5.74) is 3.16. The van der Waals surface area contributed by atoms with Crippen LogP contribution in [0.1, 0.15) is 27.6 Å². The van der Waals surface area contributed by atoms with E-state index < -0.39 is 6.10 Å². The average Bonchev–Trinajstić information content (AvgIpc) is 3.12. The highest BCUT2D eigenvalue weighted by Crippen LogP contribution is 2.31. The third-order valence-electron chi connectivity index (χ3n) is 4.06. The van der Waals surface area contributed by atoms with Crippen molar-refractivity contribution in [1.82, 2.24) is 19.9 Å². The van der Waals surface area contributed by atoms with Crippen molar-refractivity contribution in [3.63, 3.8) is 0 Å². The lowest BCUT2D eigenvalue weighted by atomic mass is 10.1. The number of rotatable bonds is 2. The Balaban J connectivity index is 1.55. The Morgan fingerprint density at radius 1 is 1.27 bits per heavy atom. The van der Waals surface area contributed by atoms with Crippen LogP contribution in [0.3, 0.4) is 0 Å². The van der Waals surface area contributed by atoms with E-state index in [1.807, 2.05) is 24.3 Å². The summed E-state index contributed by atoms with van der Waals surface area (Å²) in [6, 6.07) is 10.8. The van der Waals surface area contributed by atoms with Crippen molar-refractivity contribution in [2.45, 2.75) is 18.6 Å². The summed E-state index contributed by atoms with van der Waals surface area (Å²) in [6.07, 6.45) is 3.20. The maximum absolute atomic E-state index is 12.4. The quantitative estimate of drug-likeness (QED) is 0.742. The summed E-state index contributed by atoms with van der Waals surface area (Å²) in [5.74, 6) is -0.215. The van der Waals surface area contributed by atoms with Gasteiger partial charge in [-0.2, -0.15) is 0 Å². The standard InChI is InChI=1S/C16H14N4O2/c21-15-12-4-2-1-3-10(12)7-13(15)18-16(22)11-5-6-14-19-17-9-20(14)8-11/h1-6,8-9,13,15,21H,7H2,(H,18,22)/t13-,15+/m1/s1. The lowest BCUT2D eigenvalue weighted by molar-refractivity contribution is 0.0858. The van der Waals surface area contributed by atoms with E-state index in [1.165, 1.54) is 0 Å². The molecule has 0 bridgehead atoms. The molecule has 0 saturated heterocycles. The number of hydrogen-bond donors (Lipinski definition) is 2. The topological polar surface area (TPSA) is 79.5 Å². The van der Waals surface area contributed by atoms with Gasteiger partial charge in [-0.15, -0.1) is 10.2 Å². The monoisotopic (exact) mass is 294 g/mol. The molecule has 110 valence electrons. The smallest absolute Gasteiger partial charge is 0.253 e. The molecule has 1 amide bonds. The molecular weight excluding hydrogens is 280 g/mol. The van der Waals surface area contributed by atoms with Crippen LogP contribution in [0.2, 0.25) is 0 Å². The van der Waals surface area contributed by atoms with E-state index in [9.17, 15) is 9.90 Å². The predicted octanol–water partition coefficient (Wildman–Crippen LogP) is 1.12. The average molecular weight is 294 g/mol. The molecule has 6 nitrogen and oxygen atoms in total. The number of aliphatic hydroxyl groups excluding tert-OH is 1. The number of carbonyl (C=O) groups excluding carboxylic acids is 1.